The Morgan fingerprint density at radius 3 is 2.47 bits per heavy atom. The van der Waals surface area contributed by atoms with Gasteiger partial charge in [0.15, 0.2) is 5.78 Å². The van der Waals surface area contributed by atoms with E-state index >= 15 is 0 Å². The lowest BCUT2D eigenvalue weighted by atomic mass is 9.40. The largest absolute Gasteiger partial charge is 0.393 e. The number of aliphatic hydroxyl groups excluding tert-OH is 1. The molecule has 15 unspecified atom stereocenters. The van der Waals surface area contributed by atoms with Crippen molar-refractivity contribution in [3.05, 3.63) is 11.1 Å². The lowest BCUT2D eigenvalue weighted by Crippen LogP contribution is -2.66. The molecule has 53 heavy (non-hydrogen) atoms. The van der Waals surface area contributed by atoms with Crippen LogP contribution in [0.15, 0.2) is 11.1 Å². The first-order chi connectivity index (χ1) is 25.1. The molecule has 7 fully saturated rings. The number of hydrogen-bond donors (Lipinski definition) is 5. The number of carbonyl (C=O) groups is 1. The number of allylic oxidation sites excluding steroid dienone is 1. The monoisotopic (exact) mass is 737 g/mol. The number of nitrogens with one attached hydrogen (secondary N) is 1. The number of aliphatic hydroxyl groups is 3. The van der Waals surface area contributed by atoms with E-state index in [0.29, 0.717) is 30.8 Å². The zero-order chi connectivity index (χ0) is 37.3. The molecule has 6 aliphatic carbocycles. The number of Topliss-reactive ketones (excluding diaryl/α,β-unsaturated/α-hetero) is 1. The van der Waals surface area contributed by atoms with Gasteiger partial charge in [0.25, 0.3) is 0 Å². The SMILES string of the molecule is CC1CCOC(C2OC2C(C)(O)C(C)(C)CCC2CCNC(N)C2)(C2CC3CCC4=C5C(CCC2(C)C53O)C2(C3CCCC3)CCC(O)CC2C4=O)C1. The van der Waals surface area contributed by atoms with E-state index in [4.69, 9.17) is 15.2 Å². The Morgan fingerprint density at radius 2 is 1.74 bits per heavy atom. The molecule has 3 aliphatic heterocycles. The average molecular weight is 737 g/mol. The maximum Gasteiger partial charge on any atom is 0.162 e. The molecule has 0 spiro atoms. The molecule has 4 saturated carbocycles. The fraction of sp³-hybridized carbons (Fsp3) is 0.933. The van der Waals surface area contributed by atoms with E-state index in [-0.39, 0.29) is 58.7 Å². The zero-order valence-electron chi connectivity index (χ0n) is 33.6. The van der Waals surface area contributed by atoms with Crippen molar-refractivity contribution < 1.29 is 29.6 Å². The number of ether oxygens (including phenoxy) is 2. The Balaban J connectivity index is 1.06. The van der Waals surface area contributed by atoms with Crippen LogP contribution in [0.1, 0.15) is 150 Å². The van der Waals surface area contributed by atoms with Crippen molar-refractivity contribution in [2.45, 2.75) is 191 Å². The number of nitrogens with two attached hydrogens (primary N) is 1. The van der Waals surface area contributed by atoms with E-state index in [9.17, 15) is 20.1 Å². The van der Waals surface area contributed by atoms with Crippen molar-refractivity contribution >= 4 is 5.78 Å². The molecule has 8 heteroatoms. The molecule has 298 valence electrons. The highest BCUT2D eigenvalue weighted by molar-refractivity contribution is 6.00. The molecule has 8 nitrogen and oxygen atoms in total. The minimum atomic E-state index is -1.05. The van der Waals surface area contributed by atoms with E-state index in [0.717, 1.165) is 101 Å². The highest BCUT2D eigenvalue weighted by Gasteiger charge is 2.78. The zero-order valence-corrected chi connectivity index (χ0v) is 33.6. The van der Waals surface area contributed by atoms with Gasteiger partial charge in [-0.2, -0.15) is 0 Å². The minimum absolute atomic E-state index is 0.0592. The number of ketones is 1. The average Bonchev–Trinajstić information content (AvgIpc) is 3.69. The first-order valence-electron chi connectivity index (χ1n) is 22.3. The molecule has 0 aromatic heterocycles. The lowest BCUT2D eigenvalue weighted by molar-refractivity contribution is -0.200. The van der Waals surface area contributed by atoms with E-state index < -0.39 is 28.3 Å². The molecule has 0 aromatic carbocycles. The molecule has 0 aromatic rings. The van der Waals surface area contributed by atoms with Crippen LogP contribution in [0.2, 0.25) is 0 Å². The maximum atomic E-state index is 14.9. The topological polar surface area (TPSA) is 138 Å². The van der Waals surface area contributed by atoms with Crippen molar-refractivity contribution in [1.82, 2.24) is 5.32 Å². The van der Waals surface area contributed by atoms with Gasteiger partial charge >= 0.3 is 0 Å². The second-order valence-electron chi connectivity index (χ2n) is 21.5. The summed E-state index contributed by atoms with van der Waals surface area (Å²) in [5.41, 5.74) is 4.68. The van der Waals surface area contributed by atoms with E-state index in [1.54, 1.807) is 0 Å². The summed E-state index contributed by atoms with van der Waals surface area (Å²) < 4.78 is 14.0. The molecule has 15 atom stereocenters. The summed E-state index contributed by atoms with van der Waals surface area (Å²) in [6, 6.07) is 0. The number of hydrogen-bond acceptors (Lipinski definition) is 8. The summed E-state index contributed by atoms with van der Waals surface area (Å²) in [6.07, 6.45) is 16.5. The summed E-state index contributed by atoms with van der Waals surface area (Å²) in [6.45, 7) is 12.8. The van der Waals surface area contributed by atoms with E-state index in [1.165, 1.54) is 25.7 Å². The van der Waals surface area contributed by atoms with Crippen molar-refractivity contribution in [2.24, 2.45) is 63.4 Å². The number of carbonyl (C=O) groups excluding carboxylic acids is 1. The number of rotatable bonds is 8. The van der Waals surface area contributed by atoms with Gasteiger partial charge < -0.3 is 35.8 Å². The third kappa shape index (κ3) is 5.26. The molecule has 9 rings (SSSR count). The van der Waals surface area contributed by atoms with Crippen LogP contribution < -0.4 is 11.1 Å². The second kappa shape index (κ2) is 12.8. The maximum absolute atomic E-state index is 14.9. The molecule has 3 heterocycles. The number of fused-ring (bicyclic) bond motifs is 2. The third-order valence-corrected chi connectivity index (χ3v) is 18.8. The molecular weight excluding hydrogens is 665 g/mol. The molecular formula is C45H72N2O6. The van der Waals surface area contributed by atoms with Crippen LogP contribution in [-0.4, -0.2) is 75.5 Å². The van der Waals surface area contributed by atoms with Crippen LogP contribution >= 0.6 is 0 Å². The second-order valence-corrected chi connectivity index (χ2v) is 21.5. The Kier molecular flexibility index (Phi) is 9.11. The summed E-state index contributed by atoms with van der Waals surface area (Å²) in [5, 5.41) is 40.7. The minimum Gasteiger partial charge on any atom is -0.393 e. The Morgan fingerprint density at radius 1 is 0.962 bits per heavy atom. The molecule has 3 saturated heterocycles. The smallest absolute Gasteiger partial charge is 0.162 e. The van der Waals surface area contributed by atoms with Gasteiger partial charge in [-0.1, -0.05) is 40.5 Å². The van der Waals surface area contributed by atoms with Gasteiger partial charge in [-0.3, -0.25) is 4.79 Å². The van der Waals surface area contributed by atoms with Crippen LogP contribution in [0, 0.1) is 57.7 Å². The van der Waals surface area contributed by atoms with Gasteiger partial charge in [0, 0.05) is 17.9 Å². The fourth-order valence-corrected chi connectivity index (χ4v) is 15.6. The summed E-state index contributed by atoms with van der Waals surface area (Å²) >= 11 is 0. The van der Waals surface area contributed by atoms with Crippen LogP contribution in [0.3, 0.4) is 0 Å². The Hall–Kier alpha value is -0.870. The summed E-state index contributed by atoms with van der Waals surface area (Å²) in [7, 11) is 0. The molecule has 0 radical (unpaired) electrons. The van der Waals surface area contributed by atoms with Crippen molar-refractivity contribution in [2.75, 3.05) is 13.2 Å². The van der Waals surface area contributed by atoms with Crippen molar-refractivity contribution in [3.63, 3.8) is 0 Å². The quantitative estimate of drug-likeness (QED) is 0.177. The fourth-order valence-electron chi connectivity index (χ4n) is 15.6. The van der Waals surface area contributed by atoms with Gasteiger partial charge in [0.1, 0.15) is 17.8 Å². The van der Waals surface area contributed by atoms with Gasteiger partial charge in [0.2, 0.25) is 0 Å². The number of piperidine rings is 1. The van der Waals surface area contributed by atoms with E-state index in [2.05, 4.69) is 33.0 Å². The standard InChI is InChI=1S/C45H72N2O6/c1-26-16-21-52-44(25-26,39-38(53-39)42(5,50)40(2,3)17-12-27-15-20-47-35(46)22-27)34-23-29-10-11-31-36-32(14-18-41(34,4)45(29,36)51)43(28-8-6-7-9-28)19-13-30(48)24-33(43)37(31)49/h26-30,32-35,38-39,47-48,50-51H,6-25,46H2,1-5H3. The lowest BCUT2D eigenvalue weighted by Gasteiger charge is -2.65. The highest BCUT2D eigenvalue weighted by atomic mass is 16.6. The summed E-state index contributed by atoms with van der Waals surface area (Å²) in [4.78, 5) is 14.9. The predicted octanol–water partition coefficient (Wildman–Crippen LogP) is 6.58. The third-order valence-electron chi connectivity index (χ3n) is 18.8. The highest BCUT2D eigenvalue weighted by Crippen LogP contribution is 2.76. The predicted molar refractivity (Wildman–Crippen MR) is 204 cm³/mol. The van der Waals surface area contributed by atoms with Crippen LogP contribution in [-0.2, 0) is 14.3 Å². The van der Waals surface area contributed by atoms with Gasteiger partial charge in [0.05, 0.1) is 23.5 Å². The Labute approximate surface area is 319 Å². The van der Waals surface area contributed by atoms with Crippen LogP contribution in [0.4, 0.5) is 0 Å². The van der Waals surface area contributed by atoms with Crippen LogP contribution in [0.25, 0.3) is 0 Å². The van der Waals surface area contributed by atoms with Crippen molar-refractivity contribution in [1.29, 1.82) is 0 Å². The Bertz CT molecular complexity index is 1490. The molecule has 6 N–H and O–H groups in total. The molecule has 9 aliphatic rings. The summed E-state index contributed by atoms with van der Waals surface area (Å²) in [5.74, 6) is 2.06. The van der Waals surface area contributed by atoms with Gasteiger partial charge in [-0.15, -0.1) is 0 Å². The van der Waals surface area contributed by atoms with Gasteiger partial charge in [-0.25, -0.2) is 0 Å². The van der Waals surface area contributed by atoms with Gasteiger partial charge in [-0.05, 0) is 174 Å². The first-order valence-corrected chi connectivity index (χ1v) is 22.3. The number of epoxide rings is 1. The van der Waals surface area contributed by atoms with E-state index in [1.807, 2.05) is 6.92 Å². The molecule has 0 amide bonds. The van der Waals surface area contributed by atoms with Crippen molar-refractivity contribution in [3.8, 4) is 0 Å². The normalized spacial score (nSPS) is 51.2. The molecule has 0 bridgehead atoms. The van der Waals surface area contributed by atoms with Crippen LogP contribution in [0.5, 0.6) is 0 Å². The first kappa shape index (κ1) is 37.7.